The Morgan fingerprint density at radius 2 is 1.96 bits per heavy atom. The Morgan fingerprint density at radius 1 is 1.14 bits per heavy atom. The number of ether oxygens (including phenoxy) is 1. The van der Waals surface area contributed by atoms with E-state index in [4.69, 9.17) is 4.74 Å². The molecule has 1 unspecified atom stereocenters. The molecule has 6 nitrogen and oxygen atoms in total. The summed E-state index contributed by atoms with van der Waals surface area (Å²) in [6, 6.07) is 15.8. The Hall–Kier alpha value is -2.86. The van der Waals surface area contributed by atoms with Crippen molar-refractivity contribution in [2.45, 2.75) is 25.3 Å². The van der Waals surface area contributed by atoms with Crippen LogP contribution in [0.3, 0.4) is 0 Å². The maximum Gasteiger partial charge on any atom is 0.258 e. The molecule has 146 valence electrons. The zero-order valence-corrected chi connectivity index (χ0v) is 15.8. The predicted octanol–water partition coefficient (Wildman–Crippen LogP) is 2.20. The lowest BCUT2D eigenvalue weighted by molar-refractivity contribution is -0.123. The van der Waals surface area contributed by atoms with Gasteiger partial charge < -0.3 is 20.3 Å². The molecule has 0 aliphatic carbocycles. The van der Waals surface area contributed by atoms with Crippen molar-refractivity contribution < 1.29 is 14.3 Å². The fourth-order valence-corrected chi connectivity index (χ4v) is 3.83. The lowest BCUT2D eigenvalue weighted by Gasteiger charge is -2.27. The van der Waals surface area contributed by atoms with E-state index < -0.39 is 0 Å². The molecule has 1 saturated heterocycles. The molecule has 0 aromatic heterocycles. The topological polar surface area (TPSA) is 70.7 Å². The molecular weight excluding hydrogens is 354 g/mol. The summed E-state index contributed by atoms with van der Waals surface area (Å²) in [6.45, 7) is 2.19. The number of nitrogens with one attached hydrogen (secondary N) is 2. The van der Waals surface area contributed by atoms with E-state index >= 15 is 0 Å². The minimum absolute atomic E-state index is 0.0314. The highest BCUT2D eigenvalue weighted by Crippen LogP contribution is 2.24. The highest BCUT2D eigenvalue weighted by atomic mass is 16.5. The van der Waals surface area contributed by atoms with Gasteiger partial charge in [0.1, 0.15) is 5.75 Å². The van der Waals surface area contributed by atoms with Crippen LogP contribution in [0.15, 0.2) is 48.5 Å². The Balaban J connectivity index is 1.25. The molecule has 0 spiro atoms. The van der Waals surface area contributed by atoms with E-state index in [1.807, 2.05) is 18.2 Å². The summed E-state index contributed by atoms with van der Waals surface area (Å²) in [6.07, 6.45) is 2.53. The van der Waals surface area contributed by atoms with Crippen molar-refractivity contribution in [3.8, 4) is 5.75 Å². The zero-order valence-electron chi connectivity index (χ0n) is 15.8. The van der Waals surface area contributed by atoms with Crippen molar-refractivity contribution in [2.24, 2.45) is 0 Å². The minimum Gasteiger partial charge on any atom is -0.484 e. The third-order valence-electron chi connectivity index (χ3n) is 5.31. The normalized spacial score (nSPS) is 18.6. The van der Waals surface area contributed by atoms with Crippen LogP contribution in [0.1, 0.15) is 30.0 Å². The van der Waals surface area contributed by atoms with Crippen LogP contribution in [0.5, 0.6) is 5.75 Å². The van der Waals surface area contributed by atoms with Gasteiger partial charge in [0.2, 0.25) is 5.91 Å². The molecule has 4 rings (SSSR count). The molecule has 0 saturated carbocycles. The Labute approximate surface area is 164 Å². The van der Waals surface area contributed by atoms with Gasteiger partial charge in [0.05, 0.1) is 0 Å². The van der Waals surface area contributed by atoms with Crippen molar-refractivity contribution in [1.82, 2.24) is 10.6 Å². The van der Waals surface area contributed by atoms with E-state index in [9.17, 15) is 9.59 Å². The van der Waals surface area contributed by atoms with Gasteiger partial charge >= 0.3 is 0 Å². The molecule has 1 atom stereocenters. The minimum atomic E-state index is -0.149. The van der Waals surface area contributed by atoms with Gasteiger partial charge in [-0.25, -0.2) is 0 Å². The van der Waals surface area contributed by atoms with Crippen molar-refractivity contribution in [2.75, 3.05) is 31.1 Å². The largest absolute Gasteiger partial charge is 0.484 e. The van der Waals surface area contributed by atoms with Gasteiger partial charge in [0.25, 0.3) is 5.91 Å². The second kappa shape index (κ2) is 8.44. The molecule has 2 N–H and O–H groups in total. The van der Waals surface area contributed by atoms with E-state index in [-0.39, 0.29) is 24.5 Å². The maximum absolute atomic E-state index is 12.2. The van der Waals surface area contributed by atoms with Crippen LogP contribution in [0.2, 0.25) is 0 Å². The van der Waals surface area contributed by atoms with Gasteiger partial charge in [-0.05, 0) is 54.8 Å². The second-order valence-electron chi connectivity index (χ2n) is 7.19. The summed E-state index contributed by atoms with van der Waals surface area (Å²) in [7, 11) is 0. The van der Waals surface area contributed by atoms with Crippen LogP contribution in [0.25, 0.3) is 0 Å². The molecule has 2 aromatic carbocycles. The highest BCUT2D eigenvalue weighted by molar-refractivity contribution is 5.95. The smallest absolute Gasteiger partial charge is 0.258 e. The average molecular weight is 379 g/mol. The van der Waals surface area contributed by atoms with Crippen LogP contribution in [-0.4, -0.2) is 38.1 Å². The van der Waals surface area contributed by atoms with Crippen LogP contribution in [0.4, 0.5) is 5.69 Å². The van der Waals surface area contributed by atoms with Crippen LogP contribution >= 0.6 is 0 Å². The number of hydrogen-bond donors (Lipinski definition) is 2. The number of rotatable bonds is 6. The summed E-state index contributed by atoms with van der Waals surface area (Å²) in [5.74, 6) is 0.626. The third kappa shape index (κ3) is 4.17. The zero-order chi connectivity index (χ0) is 19.3. The van der Waals surface area contributed by atoms with E-state index in [1.165, 1.54) is 11.1 Å². The van der Waals surface area contributed by atoms with Gasteiger partial charge in [0, 0.05) is 31.2 Å². The molecule has 2 aliphatic heterocycles. The predicted molar refractivity (Wildman–Crippen MR) is 107 cm³/mol. The third-order valence-corrected chi connectivity index (χ3v) is 5.31. The summed E-state index contributed by atoms with van der Waals surface area (Å²) in [5, 5.41) is 6.40. The maximum atomic E-state index is 12.2. The molecule has 28 heavy (non-hydrogen) atoms. The van der Waals surface area contributed by atoms with Crippen LogP contribution < -0.4 is 20.3 Å². The number of hydrogen-bond acceptors (Lipinski definition) is 4. The van der Waals surface area contributed by atoms with Gasteiger partial charge in [-0.1, -0.05) is 24.3 Å². The molecule has 2 heterocycles. The average Bonchev–Trinajstić information content (AvgIpc) is 3.17. The number of benzene rings is 2. The molecule has 1 fully saturated rings. The van der Waals surface area contributed by atoms with Crippen molar-refractivity contribution in [3.05, 3.63) is 59.7 Å². The SMILES string of the molecule is O=C(COc1ccc(N2CCCC2=O)cc1)NCC1NCCc2ccccc21. The molecular formula is C22H25N3O3. The summed E-state index contributed by atoms with van der Waals surface area (Å²) < 4.78 is 5.59. The highest BCUT2D eigenvalue weighted by Gasteiger charge is 2.22. The number of nitrogens with zero attached hydrogens (tertiary/aromatic N) is 1. The van der Waals surface area contributed by atoms with Crippen molar-refractivity contribution in [1.29, 1.82) is 0 Å². The van der Waals surface area contributed by atoms with E-state index in [1.54, 1.807) is 17.0 Å². The molecule has 0 bridgehead atoms. The molecule has 2 aromatic rings. The van der Waals surface area contributed by atoms with E-state index in [0.29, 0.717) is 18.7 Å². The first-order valence-corrected chi connectivity index (χ1v) is 9.82. The lowest BCUT2D eigenvalue weighted by atomic mass is 9.94. The van der Waals surface area contributed by atoms with Gasteiger partial charge in [0.15, 0.2) is 6.61 Å². The number of amides is 2. The Kier molecular flexibility index (Phi) is 5.58. The first kappa shape index (κ1) is 18.5. The summed E-state index contributed by atoms with van der Waals surface area (Å²) in [5.41, 5.74) is 3.47. The standard InChI is InChI=1S/C22H25N3O3/c26-21(24-14-20-19-5-2-1-4-16(19)11-12-23-20)15-28-18-9-7-17(8-10-18)25-13-3-6-22(25)27/h1-2,4-5,7-10,20,23H,3,6,11-15H2,(H,24,26). The number of carbonyl (C=O) groups is 2. The van der Waals surface area contributed by atoms with Crippen molar-refractivity contribution >= 4 is 17.5 Å². The number of carbonyl (C=O) groups excluding carboxylic acids is 2. The van der Waals surface area contributed by atoms with E-state index in [0.717, 1.165) is 31.6 Å². The fraction of sp³-hybridized carbons (Fsp3) is 0.364. The van der Waals surface area contributed by atoms with E-state index in [2.05, 4.69) is 28.8 Å². The lowest BCUT2D eigenvalue weighted by Crippen LogP contribution is -2.40. The summed E-state index contributed by atoms with van der Waals surface area (Å²) in [4.78, 5) is 25.7. The Morgan fingerprint density at radius 3 is 2.75 bits per heavy atom. The molecule has 6 heteroatoms. The van der Waals surface area contributed by atoms with Gasteiger partial charge in [-0.2, -0.15) is 0 Å². The first-order chi connectivity index (χ1) is 13.7. The molecule has 2 amide bonds. The summed E-state index contributed by atoms with van der Waals surface area (Å²) >= 11 is 0. The van der Waals surface area contributed by atoms with Crippen molar-refractivity contribution in [3.63, 3.8) is 0 Å². The quantitative estimate of drug-likeness (QED) is 0.807. The molecule has 2 aliphatic rings. The fourth-order valence-electron chi connectivity index (χ4n) is 3.83. The van der Waals surface area contributed by atoms with Crippen LogP contribution in [0, 0.1) is 0 Å². The van der Waals surface area contributed by atoms with Crippen LogP contribution in [-0.2, 0) is 16.0 Å². The van der Waals surface area contributed by atoms with Gasteiger partial charge in [-0.15, -0.1) is 0 Å². The number of fused-ring (bicyclic) bond motifs is 1. The molecule has 0 radical (unpaired) electrons. The Bertz CT molecular complexity index is 850. The monoisotopic (exact) mass is 379 g/mol. The number of anilines is 1. The first-order valence-electron chi connectivity index (χ1n) is 9.82. The van der Waals surface area contributed by atoms with Gasteiger partial charge in [-0.3, -0.25) is 9.59 Å². The second-order valence-corrected chi connectivity index (χ2v) is 7.19.